The molecule has 2 amide bonds. The minimum absolute atomic E-state index is 0.226. The van der Waals surface area contributed by atoms with Gasteiger partial charge in [0.05, 0.1) is 24.9 Å². The largest absolute Gasteiger partial charge is 0.490 e. The molecule has 27 heavy (non-hydrogen) atoms. The average molecular weight is 369 g/mol. The molecule has 0 bridgehead atoms. The molecule has 0 spiro atoms. The zero-order valence-electron chi connectivity index (χ0n) is 15.6. The summed E-state index contributed by atoms with van der Waals surface area (Å²) in [5, 5.41) is 16.4. The quantitative estimate of drug-likeness (QED) is 0.590. The Kier molecular flexibility index (Phi) is 5.75. The summed E-state index contributed by atoms with van der Waals surface area (Å²) in [6.45, 7) is 6.84. The van der Waals surface area contributed by atoms with Crippen molar-refractivity contribution in [3.05, 3.63) is 42.0 Å². The molecule has 0 saturated carbocycles. The van der Waals surface area contributed by atoms with Crippen molar-refractivity contribution in [2.45, 2.75) is 26.8 Å². The van der Waals surface area contributed by atoms with Gasteiger partial charge in [-0.1, -0.05) is 12.1 Å². The Hall–Kier alpha value is -3.29. The number of urea groups is 1. The van der Waals surface area contributed by atoms with Crippen LogP contribution in [0.4, 0.5) is 10.5 Å². The molecular formula is C19H23N5O3. The summed E-state index contributed by atoms with van der Waals surface area (Å²) in [4.78, 5) is 12.4. The number of anilines is 1. The number of aromatic nitrogens is 3. The van der Waals surface area contributed by atoms with E-state index >= 15 is 0 Å². The molecule has 3 rings (SSSR count). The van der Waals surface area contributed by atoms with Crippen molar-refractivity contribution in [2.24, 2.45) is 0 Å². The fourth-order valence-electron chi connectivity index (χ4n) is 2.74. The molecule has 0 radical (unpaired) electrons. The second-order valence-corrected chi connectivity index (χ2v) is 5.89. The molecule has 1 unspecified atom stereocenters. The van der Waals surface area contributed by atoms with Crippen LogP contribution >= 0.6 is 0 Å². The number of aromatic amines is 1. The highest BCUT2D eigenvalue weighted by Gasteiger charge is 2.14. The van der Waals surface area contributed by atoms with Crippen LogP contribution in [-0.4, -0.2) is 34.7 Å². The number of benzene rings is 2. The number of fused-ring (bicyclic) bond motifs is 1. The third-order valence-electron chi connectivity index (χ3n) is 4.01. The fraction of sp³-hybridized carbons (Fsp3) is 0.316. The zero-order chi connectivity index (χ0) is 19.2. The van der Waals surface area contributed by atoms with Gasteiger partial charge < -0.3 is 20.1 Å². The van der Waals surface area contributed by atoms with E-state index in [4.69, 9.17) is 9.47 Å². The average Bonchev–Trinajstić information content (AvgIpc) is 3.13. The molecule has 1 heterocycles. The molecule has 3 N–H and O–H groups in total. The molecule has 3 aromatic rings. The van der Waals surface area contributed by atoms with Crippen LogP contribution in [0.15, 0.2) is 36.4 Å². The van der Waals surface area contributed by atoms with E-state index in [0.29, 0.717) is 41.4 Å². The third-order valence-corrected chi connectivity index (χ3v) is 4.01. The molecule has 8 nitrogen and oxygen atoms in total. The number of para-hydroxylation sites is 1. The van der Waals surface area contributed by atoms with E-state index in [1.165, 1.54) is 0 Å². The van der Waals surface area contributed by atoms with Gasteiger partial charge in [0.15, 0.2) is 11.5 Å². The topological polar surface area (TPSA) is 101 Å². The Bertz CT molecular complexity index is 925. The molecule has 0 saturated heterocycles. The second-order valence-electron chi connectivity index (χ2n) is 5.89. The maximum Gasteiger partial charge on any atom is 0.319 e. The van der Waals surface area contributed by atoms with Crippen LogP contribution in [-0.2, 0) is 0 Å². The first-order valence-corrected chi connectivity index (χ1v) is 8.89. The van der Waals surface area contributed by atoms with Gasteiger partial charge in [-0.15, -0.1) is 0 Å². The van der Waals surface area contributed by atoms with Crippen LogP contribution in [0.5, 0.6) is 11.5 Å². The molecule has 1 atom stereocenters. The molecule has 142 valence electrons. The van der Waals surface area contributed by atoms with Gasteiger partial charge in [0.2, 0.25) is 0 Å². The number of amides is 2. The fourth-order valence-corrected chi connectivity index (χ4v) is 2.74. The van der Waals surface area contributed by atoms with Crippen molar-refractivity contribution in [2.75, 3.05) is 18.5 Å². The smallest absolute Gasteiger partial charge is 0.319 e. The number of nitrogens with zero attached hydrogens (tertiary/aromatic N) is 2. The number of carbonyl (C=O) groups excluding carboxylic acids is 1. The Morgan fingerprint density at radius 2 is 1.89 bits per heavy atom. The summed E-state index contributed by atoms with van der Waals surface area (Å²) in [6.07, 6.45) is 0. The minimum Gasteiger partial charge on any atom is -0.490 e. The van der Waals surface area contributed by atoms with E-state index in [2.05, 4.69) is 26.0 Å². The summed E-state index contributed by atoms with van der Waals surface area (Å²) in [7, 11) is 0. The van der Waals surface area contributed by atoms with Crippen molar-refractivity contribution in [3.63, 3.8) is 0 Å². The number of H-pyrrole nitrogens is 1. The zero-order valence-corrected chi connectivity index (χ0v) is 15.6. The van der Waals surface area contributed by atoms with E-state index in [9.17, 15) is 4.79 Å². The molecule has 2 aromatic carbocycles. The van der Waals surface area contributed by atoms with Gasteiger partial charge in [-0.3, -0.25) is 0 Å². The predicted molar refractivity (Wildman–Crippen MR) is 103 cm³/mol. The van der Waals surface area contributed by atoms with Crippen LogP contribution in [0.2, 0.25) is 0 Å². The van der Waals surface area contributed by atoms with Crippen molar-refractivity contribution < 1.29 is 14.3 Å². The number of nitrogens with one attached hydrogen (secondary N) is 3. The maximum absolute atomic E-state index is 12.4. The molecule has 0 aliphatic heterocycles. The molecule has 0 aliphatic carbocycles. The third kappa shape index (κ3) is 4.28. The number of ether oxygens (including phenoxy) is 2. The van der Waals surface area contributed by atoms with Gasteiger partial charge in [0, 0.05) is 0 Å². The summed E-state index contributed by atoms with van der Waals surface area (Å²) in [5.41, 5.74) is 2.80. The summed E-state index contributed by atoms with van der Waals surface area (Å²) < 4.78 is 11.2. The molecule has 0 aliphatic rings. The Morgan fingerprint density at radius 1 is 1.11 bits per heavy atom. The first-order valence-electron chi connectivity index (χ1n) is 8.89. The van der Waals surface area contributed by atoms with Gasteiger partial charge >= 0.3 is 6.03 Å². The van der Waals surface area contributed by atoms with E-state index in [1.807, 2.05) is 51.1 Å². The van der Waals surface area contributed by atoms with Crippen molar-refractivity contribution in [1.82, 2.24) is 20.7 Å². The Morgan fingerprint density at radius 3 is 2.67 bits per heavy atom. The van der Waals surface area contributed by atoms with Crippen molar-refractivity contribution in [3.8, 4) is 11.5 Å². The highest BCUT2D eigenvalue weighted by atomic mass is 16.5. The van der Waals surface area contributed by atoms with Crippen molar-refractivity contribution >= 4 is 22.8 Å². The van der Waals surface area contributed by atoms with E-state index < -0.39 is 0 Å². The Labute approximate surface area is 157 Å². The lowest BCUT2D eigenvalue weighted by Gasteiger charge is -2.18. The molecular weight excluding hydrogens is 346 g/mol. The number of carbonyl (C=O) groups is 1. The second kappa shape index (κ2) is 8.39. The normalized spacial score (nSPS) is 11.8. The van der Waals surface area contributed by atoms with Gasteiger partial charge in [0.1, 0.15) is 11.0 Å². The van der Waals surface area contributed by atoms with Gasteiger partial charge in [-0.25, -0.2) is 4.79 Å². The summed E-state index contributed by atoms with van der Waals surface area (Å²) >= 11 is 0. The van der Waals surface area contributed by atoms with Crippen LogP contribution < -0.4 is 20.1 Å². The minimum atomic E-state index is -0.329. The van der Waals surface area contributed by atoms with Crippen LogP contribution in [0.1, 0.15) is 32.4 Å². The number of rotatable bonds is 7. The molecule has 1 aromatic heterocycles. The number of hydrogen-bond donors (Lipinski definition) is 3. The van der Waals surface area contributed by atoms with Crippen molar-refractivity contribution in [1.29, 1.82) is 0 Å². The number of hydrogen-bond acceptors (Lipinski definition) is 5. The predicted octanol–water partition coefficient (Wildman–Crippen LogP) is 3.64. The SMILES string of the molecule is CCOc1ccc(C(C)NC(=O)Nc2cccc3n[nH]nc23)cc1OCC. The highest BCUT2D eigenvalue weighted by Crippen LogP contribution is 2.30. The lowest BCUT2D eigenvalue weighted by Crippen LogP contribution is -2.31. The lowest BCUT2D eigenvalue weighted by atomic mass is 10.1. The van der Waals surface area contributed by atoms with Crippen LogP contribution in [0.25, 0.3) is 11.0 Å². The lowest BCUT2D eigenvalue weighted by molar-refractivity contribution is 0.249. The maximum atomic E-state index is 12.4. The monoisotopic (exact) mass is 369 g/mol. The van der Waals surface area contributed by atoms with Crippen LogP contribution in [0, 0.1) is 0 Å². The first-order chi connectivity index (χ1) is 13.1. The molecule has 0 fully saturated rings. The van der Waals surface area contributed by atoms with E-state index in [1.54, 1.807) is 6.07 Å². The van der Waals surface area contributed by atoms with E-state index in [-0.39, 0.29) is 12.1 Å². The standard InChI is InChI=1S/C19H23N5O3/c1-4-26-16-10-9-13(11-17(16)27-5-2)12(3)20-19(25)21-14-7-6-8-15-18(14)23-24-22-15/h6-12H,4-5H2,1-3H3,(H2,20,21,25)(H,22,23,24). The summed E-state index contributed by atoms with van der Waals surface area (Å²) in [6, 6.07) is 10.5. The Balaban J connectivity index is 1.70. The highest BCUT2D eigenvalue weighted by molar-refractivity contribution is 5.98. The van der Waals surface area contributed by atoms with Crippen LogP contribution in [0.3, 0.4) is 0 Å². The summed E-state index contributed by atoms with van der Waals surface area (Å²) in [5.74, 6) is 1.36. The van der Waals surface area contributed by atoms with E-state index in [0.717, 1.165) is 5.56 Å². The van der Waals surface area contributed by atoms with Gasteiger partial charge in [0.25, 0.3) is 0 Å². The van der Waals surface area contributed by atoms with Gasteiger partial charge in [-0.2, -0.15) is 15.4 Å². The first kappa shape index (κ1) is 18.5. The van der Waals surface area contributed by atoms with Gasteiger partial charge in [-0.05, 0) is 50.6 Å². The molecule has 8 heteroatoms.